The molecule has 7 nitrogen and oxygen atoms in total. The van der Waals surface area contributed by atoms with Crippen LogP contribution < -0.4 is 9.47 Å². The topological polar surface area (TPSA) is 65.8 Å². The molecular formula is C23H30F3N3O4. The predicted octanol–water partition coefficient (Wildman–Crippen LogP) is 6.27. The third kappa shape index (κ3) is 7.03. The van der Waals surface area contributed by atoms with Gasteiger partial charge in [-0.15, -0.1) is 18.3 Å². The number of alkyl halides is 3. The van der Waals surface area contributed by atoms with Crippen molar-refractivity contribution in [1.29, 1.82) is 0 Å². The highest BCUT2D eigenvalue weighted by Gasteiger charge is 2.31. The molecule has 1 aromatic carbocycles. The number of hydrogen-bond acceptors (Lipinski definition) is 5. The number of carbonyl (C=O) groups is 1. The number of likely N-dealkylation sites (tertiary alicyclic amines) is 1. The molecule has 1 saturated heterocycles. The first-order chi connectivity index (χ1) is 15.3. The fourth-order valence-corrected chi connectivity index (χ4v) is 3.61. The summed E-state index contributed by atoms with van der Waals surface area (Å²) in [5.74, 6) is 0.572. The van der Waals surface area contributed by atoms with Gasteiger partial charge in [-0.3, -0.25) is 4.68 Å². The Kier molecular flexibility index (Phi) is 7.14. The highest BCUT2D eigenvalue weighted by atomic mass is 19.4. The second-order valence-electron chi connectivity index (χ2n) is 9.33. The number of piperidine rings is 1. The lowest BCUT2D eigenvalue weighted by atomic mass is 10.0. The van der Waals surface area contributed by atoms with E-state index in [9.17, 15) is 18.0 Å². The minimum atomic E-state index is -4.74. The minimum absolute atomic E-state index is 0.0981. The van der Waals surface area contributed by atoms with Gasteiger partial charge in [0.25, 0.3) is 0 Å². The third-order valence-electron chi connectivity index (χ3n) is 5.08. The molecule has 182 valence electrons. The molecule has 0 spiro atoms. The standard InChI is InChI=1S/C23H30F3N3O4/c1-15(2)19-14-20(31-17-6-8-18(9-7-17)32-23(24,25)26)27-29(19)16-10-12-28(13-11-16)21(30)33-22(3,4)5/h6-9,14-16H,10-13H2,1-5H3. The van der Waals surface area contributed by atoms with E-state index in [-0.39, 0.29) is 23.8 Å². The van der Waals surface area contributed by atoms with Crippen LogP contribution in [0.5, 0.6) is 17.4 Å². The lowest BCUT2D eigenvalue weighted by Gasteiger charge is -2.34. The van der Waals surface area contributed by atoms with Crippen molar-refractivity contribution in [3.63, 3.8) is 0 Å². The van der Waals surface area contributed by atoms with Crippen LogP contribution in [0, 0.1) is 0 Å². The van der Waals surface area contributed by atoms with E-state index in [1.807, 2.05) is 31.5 Å². The maximum absolute atomic E-state index is 12.3. The Balaban J connectivity index is 1.67. The Morgan fingerprint density at radius 3 is 2.15 bits per heavy atom. The van der Waals surface area contributed by atoms with Crippen molar-refractivity contribution in [3.05, 3.63) is 36.0 Å². The molecule has 2 heterocycles. The molecule has 1 amide bonds. The molecule has 33 heavy (non-hydrogen) atoms. The molecule has 0 aliphatic carbocycles. The third-order valence-corrected chi connectivity index (χ3v) is 5.08. The van der Waals surface area contributed by atoms with Crippen molar-refractivity contribution in [2.75, 3.05) is 13.1 Å². The van der Waals surface area contributed by atoms with Gasteiger partial charge in [0, 0.05) is 24.8 Å². The smallest absolute Gasteiger partial charge is 0.444 e. The number of benzene rings is 1. The molecule has 0 unspecified atom stereocenters. The second-order valence-corrected chi connectivity index (χ2v) is 9.33. The first-order valence-electron chi connectivity index (χ1n) is 10.9. The highest BCUT2D eigenvalue weighted by molar-refractivity contribution is 5.68. The average Bonchev–Trinajstić information content (AvgIpc) is 3.11. The molecule has 2 aromatic rings. The average molecular weight is 470 g/mol. The molecule has 0 atom stereocenters. The molecule has 0 radical (unpaired) electrons. The van der Waals surface area contributed by atoms with Gasteiger partial charge in [0.2, 0.25) is 5.88 Å². The van der Waals surface area contributed by atoms with Crippen LogP contribution in [0.4, 0.5) is 18.0 Å². The maximum atomic E-state index is 12.3. The monoisotopic (exact) mass is 469 g/mol. The fraction of sp³-hybridized carbons (Fsp3) is 0.565. The van der Waals surface area contributed by atoms with Crippen LogP contribution in [0.3, 0.4) is 0 Å². The van der Waals surface area contributed by atoms with Crippen LogP contribution in [-0.2, 0) is 4.74 Å². The van der Waals surface area contributed by atoms with Crippen molar-refractivity contribution < 1.29 is 32.2 Å². The zero-order valence-electron chi connectivity index (χ0n) is 19.5. The zero-order valence-corrected chi connectivity index (χ0v) is 19.5. The predicted molar refractivity (Wildman–Crippen MR) is 116 cm³/mol. The minimum Gasteiger partial charge on any atom is -0.444 e. The van der Waals surface area contributed by atoms with Crippen molar-refractivity contribution in [3.8, 4) is 17.4 Å². The Hall–Kier alpha value is -2.91. The number of ether oxygens (including phenoxy) is 3. The molecule has 0 bridgehead atoms. The van der Waals surface area contributed by atoms with Gasteiger partial charge in [0.1, 0.15) is 17.1 Å². The second kappa shape index (κ2) is 9.52. The molecule has 1 aromatic heterocycles. The fourth-order valence-electron chi connectivity index (χ4n) is 3.61. The number of hydrogen-bond donors (Lipinski definition) is 0. The molecule has 1 fully saturated rings. The van der Waals surface area contributed by atoms with E-state index < -0.39 is 12.0 Å². The number of amides is 1. The van der Waals surface area contributed by atoms with Crippen molar-refractivity contribution in [2.45, 2.75) is 71.4 Å². The van der Waals surface area contributed by atoms with Crippen LogP contribution in [-0.4, -0.2) is 45.8 Å². The molecule has 10 heteroatoms. The summed E-state index contributed by atoms with van der Waals surface area (Å²) in [5.41, 5.74) is 0.446. The van der Waals surface area contributed by atoms with Crippen LogP contribution >= 0.6 is 0 Å². The van der Waals surface area contributed by atoms with E-state index in [2.05, 4.69) is 23.7 Å². The summed E-state index contributed by atoms with van der Waals surface area (Å²) in [5, 5.41) is 4.61. The Labute approximate surface area is 191 Å². The first-order valence-corrected chi connectivity index (χ1v) is 10.9. The normalized spacial score (nSPS) is 15.6. The van der Waals surface area contributed by atoms with Gasteiger partial charge in [-0.25, -0.2) is 4.79 Å². The van der Waals surface area contributed by atoms with Crippen LogP contribution in [0.25, 0.3) is 0 Å². The largest absolute Gasteiger partial charge is 0.573 e. The number of aromatic nitrogens is 2. The van der Waals surface area contributed by atoms with E-state index in [0.29, 0.717) is 24.7 Å². The summed E-state index contributed by atoms with van der Waals surface area (Å²) < 4.78 is 54.1. The van der Waals surface area contributed by atoms with Crippen molar-refractivity contribution in [1.82, 2.24) is 14.7 Å². The quantitative estimate of drug-likeness (QED) is 0.516. The van der Waals surface area contributed by atoms with E-state index >= 15 is 0 Å². The number of carbonyl (C=O) groups excluding carboxylic acids is 1. The first kappa shape index (κ1) is 24.7. The summed E-state index contributed by atoms with van der Waals surface area (Å²) >= 11 is 0. The SMILES string of the molecule is CC(C)c1cc(Oc2ccc(OC(F)(F)F)cc2)nn1C1CCN(C(=O)OC(C)(C)C)CC1. The Morgan fingerprint density at radius 2 is 1.64 bits per heavy atom. The summed E-state index contributed by atoms with van der Waals surface area (Å²) in [4.78, 5) is 14.0. The van der Waals surface area contributed by atoms with Crippen LogP contribution in [0.2, 0.25) is 0 Å². The lowest BCUT2D eigenvalue weighted by Crippen LogP contribution is -2.42. The van der Waals surface area contributed by atoms with Gasteiger partial charge in [0.15, 0.2) is 0 Å². The molecule has 0 saturated carbocycles. The van der Waals surface area contributed by atoms with E-state index in [1.54, 1.807) is 4.90 Å². The van der Waals surface area contributed by atoms with Gasteiger partial charge in [-0.2, -0.15) is 0 Å². The Morgan fingerprint density at radius 1 is 1.06 bits per heavy atom. The molecular weight excluding hydrogens is 439 g/mol. The number of halogens is 3. The number of nitrogens with zero attached hydrogens (tertiary/aromatic N) is 3. The molecule has 1 aliphatic rings. The summed E-state index contributed by atoms with van der Waals surface area (Å²) in [7, 11) is 0. The number of rotatable bonds is 5. The van der Waals surface area contributed by atoms with Gasteiger partial charge in [0.05, 0.1) is 6.04 Å². The van der Waals surface area contributed by atoms with Gasteiger partial charge < -0.3 is 19.1 Å². The lowest BCUT2D eigenvalue weighted by molar-refractivity contribution is -0.274. The van der Waals surface area contributed by atoms with Crippen LogP contribution in [0.15, 0.2) is 30.3 Å². The van der Waals surface area contributed by atoms with E-state index in [0.717, 1.165) is 18.5 Å². The Bertz CT molecular complexity index is 941. The van der Waals surface area contributed by atoms with E-state index in [1.165, 1.54) is 24.3 Å². The highest BCUT2D eigenvalue weighted by Crippen LogP contribution is 2.32. The van der Waals surface area contributed by atoms with Gasteiger partial charge >= 0.3 is 12.5 Å². The summed E-state index contributed by atoms with van der Waals surface area (Å²) in [6, 6.07) is 7.11. The van der Waals surface area contributed by atoms with E-state index in [4.69, 9.17) is 9.47 Å². The summed E-state index contributed by atoms with van der Waals surface area (Å²) in [6.45, 7) is 10.8. The van der Waals surface area contributed by atoms with Crippen molar-refractivity contribution >= 4 is 6.09 Å². The van der Waals surface area contributed by atoms with Crippen molar-refractivity contribution in [2.24, 2.45) is 0 Å². The maximum Gasteiger partial charge on any atom is 0.573 e. The van der Waals surface area contributed by atoms with Gasteiger partial charge in [-0.1, -0.05) is 13.8 Å². The molecule has 3 rings (SSSR count). The molecule has 1 aliphatic heterocycles. The van der Waals surface area contributed by atoms with Gasteiger partial charge in [-0.05, 0) is 63.8 Å². The summed E-state index contributed by atoms with van der Waals surface area (Å²) in [6.07, 6.45) is -3.60. The molecule has 0 N–H and O–H groups in total. The van der Waals surface area contributed by atoms with Crippen LogP contribution in [0.1, 0.15) is 65.1 Å². The zero-order chi connectivity index (χ0) is 24.4.